The largest absolute Gasteiger partial charge is 0.586 e. The van der Waals surface area contributed by atoms with Crippen LogP contribution in [0.15, 0.2) is 28.9 Å². The maximum absolute atomic E-state index is 12.8. The molecular formula is C12H7F2NO5. The number of hydrogen-bond donors (Lipinski definition) is 1. The Kier molecular flexibility index (Phi) is 2.60. The first-order valence-electron chi connectivity index (χ1n) is 5.49. The molecule has 20 heavy (non-hydrogen) atoms. The van der Waals surface area contributed by atoms with Gasteiger partial charge in [0.1, 0.15) is 6.26 Å². The molecule has 0 saturated carbocycles. The van der Waals surface area contributed by atoms with E-state index in [1.165, 1.54) is 18.2 Å². The fraction of sp³-hybridized carbons (Fsp3) is 0.167. The standard InChI is InChI=1S/C12H7F2NO5/c13-12(14)19-8-2-1-6(3-9(8)20-12)4-10-15-7(5-18-10)11(16)17/h1-3,5H,4H2,(H,16,17). The minimum absolute atomic E-state index is 0.0580. The molecule has 1 aliphatic heterocycles. The van der Waals surface area contributed by atoms with Crippen molar-refractivity contribution in [1.82, 2.24) is 4.98 Å². The molecule has 104 valence electrons. The molecule has 3 rings (SSSR count). The summed E-state index contributed by atoms with van der Waals surface area (Å²) in [5.74, 6) is -1.19. The van der Waals surface area contributed by atoms with Crippen LogP contribution in [0.4, 0.5) is 8.78 Å². The van der Waals surface area contributed by atoms with Gasteiger partial charge in [-0.2, -0.15) is 0 Å². The highest BCUT2D eigenvalue weighted by atomic mass is 19.3. The highest BCUT2D eigenvalue weighted by Crippen LogP contribution is 2.41. The van der Waals surface area contributed by atoms with Crippen LogP contribution in [0, 0.1) is 0 Å². The monoisotopic (exact) mass is 283 g/mol. The van der Waals surface area contributed by atoms with Crippen LogP contribution in [0.1, 0.15) is 21.9 Å². The molecule has 1 aromatic heterocycles. The first-order valence-corrected chi connectivity index (χ1v) is 5.49. The normalized spacial score (nSPS) is 15.3. The molecule has 0 unspecified atom stereocenters. The van der Waals surface area contributed by atoms with Gasteiger partial charge in [-0.1, -0.05) is 6.07 Å². The fourth-order valence-electron chi connectivity index (χ4n) is 1.77. The van der Waals surface area contributed by atoms with E-state index in [-0.39, 0.29) is 29.5 Å². The predicted molar refractivity (Wildman–Crippen MR) is 58.9 cm³/mol. The van der Waals surface area contributed by atoms with Gasteiger partial charge in [0, 0.05) is 6.42 Å². The highest BCUT2D eigenvalue weighted by Gasteiger charge is 2.43. The van der Waals surface area contributed by atoms with E-state index in [1.54, 1.807) is 0 Å². The van der Waals surface area contributed by atoms with E-state index in [4.69, 9.17) is 9.52 Å². The van der Waals surface area contributed by atoms with E-state index in [9.17, 15) is 13.6 Å². The number of alkyl halides is 2. The van der Waals surface area contributed by atoms with Gasteiger partial charge in [0.15, 0.2) is 23.1 Å². The van der Waals surface area contributed by atoms with E-state index < -0.39 is 12.3 Å². The zero-order chi connectivity index (χ0) is 14.3. The molecule has 1 N–H and O–H groups in total. The maximum atomic E-state index is 12.8. The number of fused-ring (bicyclic) bond motifs is 1. The van der Waals surface area contributed by atoms with Crippen molar-refractivity contribution in [2.24, 2.45) is 0 Å². The van der Waals surface area contributed by atoms with Crippen LogP contribution in [0.3, 0.4) is 0 Å². The van der Waals surface area contributed by atoms with E-state index in [2.05, 4.69) is 14.5 Å². The number of oxazole rings is 1. The van der Waals surface area contributed by atoms with Crippen molar-refractivity contribution in [2.75, 3.05) is 0 Å². The highest BCUT2D eigenvalue weighted by molar-refractivity contribution is 5.84. The second-order valence-corrected chi connectivity index (χ2v) is 4.06. The minimum atomic E-state index is -3.67. The van der Waals surface area contributed by atoms with Gasteiger partial charge in [-0.25, -0.2) is 9.78 Å². The summed E-state index contributed by atoms with van der Waals surface area (Å²) < 4.78 is 39.3. The number of aromatic carboxylic acids is 1. The van der Waals surface area contributed by atoms with Gasteiger partial charge in [0.2, 0.25) is 0 Å². The molecule has 0 amide bonds. The molecule has 1 aromatic carbocycles. The van der Waals surface area contributed by atoms with E-state index >= 15 is 0 Å². The van der Waals surface area contributed by atoms with Gasteiger partial charge in [0.25, 0.3) is 0 Å². The molecule has 0 spiro atoms. The second-order valence-electron chi connectivity index (χ2n) is 4.06. The molecule has 2 heterocycles. The zero-order valence-corrected chi connectivity index (χ0v) is 9.80. The number of aromatic nitrogens is 1. The van der Waals surface area contributed by atoms with Gasteiger partial charge < -0.3 is 19.0 Å². The Labute approximate surface area is 110 Å². The number of halogens is 2. The molecular weight excluding hydrogens is 276 g/mol. The van der Waals surface area contributed by atoms with E-state index in [1.807, 2.05) is 0 Å². The van der Waals surface area contributed by atoms with Crippen LogP contribution in [0.2, 0.25) is 0 Å². The van der Waals surface area contributed by atoms with Crippen molar-refractivity contribution in [1.29, 1.82) is 0 Å². The minimum Gasteiger partial charge on any atom is -0.476 e. The summed E-state index contributed by atoms with van der Waals surface area (Å²) in [6.07, 6.45) is -2.51. The van der Waals surface area contributed by atoms with Crippen LogP contribution >= 0.6 is 0 Å². The molecule has 1 aliphatic rings. The lowest BCUT2D eigenvalue weighted by Crippen LogP contribution is -2.25. The third kappa shape index (κ3) is 2.27. The van der Waals surface area contributed by atoms with Gasteiger partial charge in [-0.15, -0.1) is 8.78 Å². The number of benzene rings is 1. The summed E-state index contributed by atoms with van der Waals surface area (Å²) in [5, 5.41) is 8.71. The van der Waals surface area contributed by atoms with Crippen LogP contribution in [-0.4, -0.2) is 22.4 Å². The Balaban J connectivity index is 1.81. The van der Waals surface area contributed by atoms with Crippen molar-refractivity contribution in [3.05, 3.63) is 41.6 Å². The average Bonchev–Trinajstić information content (AvgIpc) is 2.91. The molecule has 0 atom stereocenters. The smallest absolute Gasteiger partial charge is 0.476 e. The summed E-state index contributed by atoms with van der Waals surface area (Å²) in [6.45, 7) is 0. The predicted octanol–water partition coefficient (Wildman–Crippen LogP) is 2.29. The van der Waals surface area contributed by atoms with Crippen molar-refractivity contribution in [3.63, 3.8) is 0 Å². The number of nitrogens with zero attached hydrogens (tertiary/aromatic N) is 1. The number of carboxylic acid groups (broad SMARTS) is 1. The first-order chi connectivity index (χ1) is 9.43. The second kappa shape index (κ2) is 4.19. The summed E-state index contributed by atoms with van der Waals surface area (Å²) in [7, 11) is 0. The molecule has 0 bridgehead atoms. The van der Waals surface area contributed by atoms with Gasteiger partial charge in [-0.3, -0.25) is 0 Å². The summed E-state index contributed by atoms with van der Waals surface area (Å²) in [5.41, 5.74) is 0.358. The number of rotatable bonds is 3. The van der Waals surface area contributed by atoms with Crippen LogP contribution in [0.5, 0.6) is 11.5 Å². The number of carboxylic acids is 1. The van der Waals surface area contributed by atoms with Crippen molar-refractivity contribution in [2.45, 2.75) is 12.7 Å². The lowest BCUT2D eigenvalue weighted by Gasteiger charge is -2.04. The van der Waals surface area contributed by atoms with Gasteiger partial charge in [-0.05, 0) is 17.7 Å². The third-order valence-corrected chi connectivity index (χ3v) is 2.59. The van der Waals surface area contributed by atoms with Gasteiger partial charge >= 0.3 is 12.3 Å². The molecule has 0 saturated heterocycles. The Morgan fingerprint density at radius 3 is 2.75 bits per heavy atom. The number of carbonyl (C=O) groups is 1. The fourth-order valence-corrected chi connectivity index (χ4v) is 1.77. The number of ether oxygens (including phenoxy) is 2. The summed E-state index contributed by atoms with van der Waals surface area (Å²) >= 11 is 0. The van der Waals surface area contributed by atoms with E-state index in [0.717, 1.165) is 6.26 Å². The molecule has 0 radical (unpaired) electrons. The summed E-state index contributed by atoms with van der Waals surface area (Å²) in [6, 6.07) is 4.24. The Hall–Kier alpha value is -2.64. The lowest BCUT2D eigenvalue weighted by atomic mass is 10.1. The Bertz CT molecular complexity index is 682. The Morgan fingerprint density at radius 2 is 2.05 bits per heavy atom. The first kappa shape index (κ1) is 12.4. The van der Waals surface area contributed by atoms with Gasteiger partial charge in [0.05, 0.1) is 0 Å². The van der Waals surface area contributed by atoms with Crippen LogP contribution in [0.25, 0.3) is 0 Å². The molecule has 0 aliphatic carbocycles. The summed E-state index contributed by atoms with van der Waals surface area (Å²) in [4.78, 5) is 14.4. The topological polar surface area (TPSA) is 81.8 Å². The number of hydrogen-bond acceptors (Lipinski definition) is 5. The van der Waals surface area contributed by atoms with Crippen LogP contribution < -0.4 is 9.47 Å². The van der Waals surface area contributed by atoms with Crippen LogP contribution in [-0.2, 0) is 6.42 Å². The molecule has 8 heteroatoms. The van der Waals surface area contributed by atoms with Crippen molar-refractivity contribution >= 4 is 5.97 Å². The zero-order valence-electron chi connectivity index (χ0n) is 9.80. The maximum Gasteiger partial charge on any atom is 0.586 e. The quantitative estimate of drug-likeness (QED) is 0.930. The van der Waals surface area contributed by atoms with Crippen molar-refractivity contribution < 1.29 is 32.6 Å². The molecule has 6 nitrogen and oxygen atoms in total. The lowest BCUT2D eigenvalue weighted by molar-refractivity contribution is -0.286. The van der Waals surface area contributed by atoms with E-state index in [0.29, 0.717) is 5.56 Å². The van der Waals surface area contributed by atoms with Crippen molar-refractivity contribution in [3.8, 4) is 11.5 Å². The SMILES string of the molecule is O=C(O)c1coc(Cc2ccc3c(c2)OC(F)(F)O3)n1. The molecule has 2 aromatic rings. The average molecular weight is 283 g/mol. The third-order valence-electron chi connectivity index (χ3n) is 2.59. The Morgan fingerprint density at radius 1 is 1.30 bits per heavy atom. The molecule has 0 fully saturated rings.